The molecule has 0 radical (unpaired) electrons. The van der Waals surface area contributed by atoms with E-state index in [1.54, 1.807) is 19.4 Å². The predicted octanol–water partition coefficient (Wildman–Crippen LogP) is 4.71. The molecule has 1 aliphatic rings. The van der Waals surface area contributed by atoms with Gasteiger partial charge in [-0.15, -0.1) is 0 Å². The van der Waals surface area contributed by atoms with Crippen molar-refractivity contribution in [2.45, 2.75) is 13.0 Å². The highest BCUT2D eigenvalue weighted by Crippen LogP contribution is 2.28. The Morgan fingerprint density at radius 1 is 1.18 bits per heavy atom. The van der Waals surface area contributed by atoms with Crippen LogP contribution in [0, 0.1) is 0 Å². The van der Waals surface area contributed by atoms with Crippen LogP contribution in [0.15, 0.2) is 70.9 Å². The molecular formula is C22H21BrN2O3. The molecule has 2 aromatic carbocycles. The third-order valence-electron chi connectivity index (χ3n) is 4.51. The first kappa shape index (κ1) is 19.9. The number of carbonyl (C=O) groups excluding carboxylic acids is 2. The topological polar surface area (TPSA) is 58.6 Å². The lowest BCUT2D eigenvalue weighted by Gasteiger charge is -2.31. The monoisotopic (exact) mass is 440 g/mol. The maximum Gasteiger partial charge on any atom is 0.322 e. The summed E-state index contributed by atoms with van der Waals surface area (Å²) >= 11 is 3.40. The van der Waals surface area contributed by atoms with Crippen molar-refractivity contribution in [1.29, 1.82) is 0 Å². The average Bonchev–Trinajstić information content (AvgIpc) is 2.73. The molecule has 0 bridgehead atoms. The third kappa shape index (κ3) is 4.51. The van der Waals surface area contributed by atoms with Gasteiger partial charge in [-0.05, 0) is 48.4 Å². The molecule has 0 spiro atoms. The number of ether oxygens (including phenoxy) is 1. The second-order valence-corrected chi connectivity index (χ2v) is 7.19. The van der Waals surface area contributed by atoms with E-state index in [1.807, 2.05) is 55.5 Å². The Hall–Kier alpha value is -2.86. The summed E-state index contributed by atoms with van der Waals surface area (Å²) in [5, 5.41) is 2.92. The zero-order valence-electron chi connectivity index (χ0n) is 15.7. The number of ketones is 1. The van der Waals surface area contributed by atoms with Gasteiger partial charge in [0.25, 0.3) is 0 Å². The van der Waals surface area contributed by atoms with Crippen molar-refractivity contribution in [2.24, 2.45) is 0 Å². The summed E-state index contributed by atoms with van der Waals surface area (Å²) in [6.07, 6.45) is 4.95. The Labute approximate surface area is 172 Å². The molecule has 0 saturated heterocycles. The fourth-order valence-electron chi connectivity index (χ4n) is 2.93. The lowest BCUT2D eigenvalue weighted by molar-refractivity contribution is -0.111. The Kier molecular flexibility index (Phi) is 6.31. The van der Waals surface area contributed by atoms with Crippen molar-refractivity contribution in [3.63, 3.8) is 0 Å². The third-order valence-corrected chi connectivity index (χ3v) is 5.03. The van der Waals surface area contributed by atoms with E-state index in [0.29, 0.717) is 17.9 Å². The van der Waals surface area contributed by atoms with E-state index in [0.717, 1.165) is 15.6 Å². The van der Waals surface area contributed by atoms with Gasteiger partial charge in [-0.1, -0.05) is 46.3 Å². The number of rotatable bonds is 6. The minimum absolute atomic E-state index is 0.151. The number of allylic oxidation sites excluding steroid dienone is 1. The molecule has 6 heteroatoms. The Balaban J connectivity index is 1.90. The standard InChI is InChI=1S/C22H21BrN2O3/c1-3-25-14-19(20(26)13-6-15-4-9-17(23)10-5-15)21(24-22(25)27)16-7-11-18(28-2)12-8-16/h4-14,21H,3H2,1-2H3,(H,24,27)/b13-6+/t21-/m1/s1. The molecule has 3 rings (SSSR count). The van der Waals surface area contributed by atoms with Gasteiger partial charge in [0.2, 0.25) is 0 Å². The molecule has 2 amide bonds. The van der Waals surface area contributed by atoms with Gasteiger partial charge in [-0.3, -0.25) is 4.79 Å². The van der Waals surface area contributed by atoms with E-state index in [-0.39, 0.29) is 11.8 Å². The van der Waals surface area contributed by atoms with E-state index in [4.69, 9.17) is 4.74 Å². The van der Waals surface area contributed by atoms with Gasteiger partial charge in [0.15, 0.2) is 5.78 Å². The van der Waals surface area contributed by atoms with E-state index in [1.165, 1.54) is 11.0 Å². The number of benzene rings is 2. The van der Waals surface area contributed by atoms with Gasteiger partial charge >= 0.3 is 6.03 Å². The maximum absolute atomic E-state index is 12.9. The van der Waals surface area contributed by atoms with Crippen molar-refractivity contribution in [3.8, 4) is 5.75 Å². The van der Waals surface area contributed by atoms with Crippen LogP contribution in [0.1, 0.15) is 24.1 Å². The first-order valence-corrected chi connectivity index (χ1v) is 9.72. The first-order chi connectivity index (χ1) is 13.5. The first-order valence-electron chi connectivity index (χ1n) is 8.92. The molecular weight excluding hydrogens is 420 g/mol. The predicted molar refractivity (Wildman–Crippen MR) is 113 cm³/mol. The smallest absolute Gasteiger partial charge is 0.322 e. The van der Waals surface area contributed by atoms with Crippen LogP contribution in [-0.2, 0) is 4.79 Å². The molecule has 0 aliphatic carbocycles. The molecule has 1 N–H and O–H groups in total. The number of methoxy groups -OCH3 is 1. The zero-order chi connectivity index (χ0) is 20.1. The molecule has 0 aromatic heterocycles. The van der Waals surface area contributed by atoms with Crippen LogP contribution >= 0.6 is 15.9 Å². The molecule has 0 saturated carbocycles. The summed E-state index contributed by atoms with van der Waals surface area (Å²) in [5.74, 6) is 0.565. The number of urea groups is 1. The van der Waals surface area contributed by atoms with E-state index < -0.39 is 6.04 Å². The Morgan fingerprint density at radius 2 is 1.86 bits per heavy atom. The number of nitrogens with one attached hydrogen (secondary N) is 1. The fourth-order valence-corrected chi connectivity index (χ4v) is 3.19. The maximum atomic E-state index is 12.9. The van der Waals surface area contributed by atoms with Crippen molar-refractivity contribution in [3.05, 3.63) is 82.0 Å². The fraction of sp³-hybridized carbons (Fsp3) is 0.182. The molecule has 0 fully saturated rings. The van der Waals surface area contributed by atoms with E-state index in [9.17, 15) is 9.59 Å². The van der Waals surface area contributed by atoms with Crippen LogP contribution in [0.2, 0.25) is 0 Å². The number of amides is 2. The molecule has 5 nitrogen and oxygen atoms in total. The van der Waals surface area contributed by atoms with Crippen LogP contribution in [0.5, 0.6) is 5.75 Å². The summed E-state index contributed by atoms with van der Waals surface area (Å²) in [6.45, 7) is 2.35. The summed E-state index contributed by atoms with van der Waals surface area (Å²) in [5.41, 5.74) is 2.26. The molecule has 1 aliphatic heterocycles. The number of carbonyl (C=O) groups is 2. The Bertz CT molecular complexity index is 918. The summed E-state index contributed by atoms with van der Waals surface area (Å²) < 4.78 is 6.17. The second-order valence-electron chi connectivity index (χ2n) is 6.28. The molecule has 1 heterocycles. The molecule has 1 atom stereocenters. The van der Waals surface area contributed by atoms with E-state index >= 15 is 0 Å². The van der Waals surface area contributed by atoms with Crippen LogP contribution in [0.25, 0.3) is 6.08 Å². The largest absolute Gasteiger partial charge is 0.497 e. The highest BCUT2D eigenvalue weighted by atomic mass is 79.9. The van der Waals surface area contributed by atoms with Crippen molar-refractivity contribution in [1.82, 2.24) is 10.2 Å². The lowest BCUT2D eigenvalue weighted by Crippen LogP contribution is -2.44. The quantitative estimate of drug-likeness (QED) is 0.661. The van der Waals surface area contributed by atoms with Crippen molar-refractivity contribution < 1.29 is 14.3 Å². The van der Waals surface area contributed by atoms with Crippen LogP contribution in [0.3, 0.4) is 0 Å². The van der Waals surface area contributed by atoms with Crippen LogP contribution in [0.4, 0.5) is 4.79 Å². The van der Waals surface area contributed by atoms with Gasteiger partial charge in [-0.2, -0.15) is 0 Å². The van der Waals surface area contributed by atoms with Crippen LogP contribution < -0.4 is 10.1 Å². The average molecular weight is 441 g/mol. The molecule has 28 heavy (non-hydrogen) atoms. The number of nitrogens with zero attached hydrogens (tertiary/aromatic N) is 1. The molecule has 144 valence electrons. The highest BCUT2D eigenvalue weighted by Gasteiger charge is 2.30. The molecule has 0 unspecified atom stereocenters. The number of halogens is 1. The van der Waals surface area contributed by atoms with Gasteiger partial charge in [-0.25, -0.2) is 4.79 Å². The van der Waals surface area contributed by atoms with Crippen LogP contribution in [-0.4, -0.2) is 30.4 Å². The second kappa shape index (κ2) is 8.89. The zero-order valence-corrected chi connectivity index (χ0v) is 17.3. The van der Waals surface area contributed by atoms with Crippen molar-refractivity contribution in [2.75, 3.05) is 13.7 Å². The SMILES string of the molecule is CCN1C=C(C(=O)/C=C/c2ccc(Br)cc2)[C@@H](c2ccc(OC)cc2)NC1=O. The number of hydrogen-bond donors (Lipinski definition) is 1. The summed E-state index contributed by atoms with van der Waals surface area (Å²) in [4.78, 5) is 26.8. The van der Waals surface area contributed by atoms with Gasteiger partial charge in [0, 0.05) is 22.8 Å². The number of hydrogen-bond acceptors (Lipinski definition) is 3. The summed E-state index contributed by atoms with van der Waals surface area (Å²) in [7, 11) is 1.60. The minimum atomic E-state index is -0.511. The normalized spacial score (nSPS) is 16.7. The van der Waals surface area contributed by atoms with E-state index in [2.05, 4.69) is 21.2 Å². The van der Waals surface area contributed by atoms with Gasteiger partial charge < -0.3 is 15.0 Å². The lowest BCUT2D eigenvalue weighted by atomic mass is 9.94. The van der Waals surface area contributed by atoms with Gasteiger partial charge in [0.05, 0.1) is 13.2 Å². The van der Waals surface area contributed by atoms with Crippen molar-refractivity contribution >= 4 is 33.8 Å². The van der Waals surface area contributed by atoms with Gasteiger partial charge in [0.1, 0.15) is 5.75 Å². The minimum Gasteiger partial charge on any atom is -0.497 e. The Morgan fingerprint density at radius 3 is 2.46 bits per heavy atom. The highest BCUT2D eigenvalue weighted by molar-refractivity contribution is 9.10. The molecule has 2 aromatic rings. The summed E-state index contributed by atoms with van der Waals surface area (Å²) in [6, 6.07) is 14.3.